The number of anilines is 1. The predicted molar refractivity (Wildman–Crippen MR) is 165 cm³/mol. The Kier molecular flexibility index (Phi) is 9.73. The smallest absolute Gasteiger partial charge is 0.313 e. The number of hydrogen-bond acceptors (Lipinski definition) is 7. The Hall–Kier alpha value is -4.22. The molecule has 0 radical (unpaired) electrons. The van der Waals surface area contributed by atoms with Gasteiger partial charge in [0.25, 0.3) is 0 Å². The fourth-order valence-electron chi connectivity index (χ4n) is 4.87. The number of halogens is 2. The summed E-state index contributed by atoms with van der Waals surface area (Å²) in [5.74, 6) is -0.651. The van der Waals surface area contributed by atoms with Crippen LogP contribution in [0.25, 0.3) is 10.9 Å². The number of benzene rings is 3. The largest absolute Gasteiger partial charge is 0.491 e. The lowest BCUT2D eigenvalue weighted by Crippen LogP contribution is -2.36. The molecule has 3 N–H and O–H groups in total. The summed E-state index contributed by atoms with van der Waals surface area (Å²) in [6.45, 7) is 4.32. The van der Waals surface area contributed by atoms with Gasteiger partial charge in [0.05, 0.1) is 19.8 Å². The molecule has 43 heavy (non-hydrogen) atoms. The lowest BCUT2D eigenvalue weighted by Gasteiger charge is -2.23. The monoisotopic (exact) mass is 650 g/mol. The fourth-order valence-corrected chi connectivity index (χ4v) is 5.13. The van der Waals surface area contributed by atoms with Crippen LogP contribution in [0.5, 0.6) is 23.0 Å². The first-order valence-corrected chi connectivity index (χ1v) is 14.8. The van der Waals surface area contributed by atoms with Crippen LogP contribution in [0.4, 0.5) is 10.1 Å². The maximum Gasteiger partial charge on any atom is 0.313 e. The summed E-state index contributed by atoms with van der Waals surface area (Å²) in [4.78, 5) is 29.4. The van der Waals surface area contributed by atoms with Gasteiger partial charge in [0.2, 0.25) is 0 Å². The Labute approximate surface area is 257 Å². The first kappa shape index (κ1) is 30.2. The van der Waals surface area contributed by atoms with Crippen molar-refractivity contribution in [1.29, 1.82) is 0 Å². The molecule has 11 heteroatoms. The number of hydrogen-bond donors (Lipinski definition) is 3. The predicted octanol–water partition coefficient (Wildman–Crippen LogP) is 6.13. The highest BCUT2D eigenvalue weighted by Gasteiger charge is 2.20. The second-order valence-corrected chi connectivity index (χ2v) is 11.2. The van der Waals surface area contributed by atoms with E-state index in [2.05, 4.69) is 36.9 Å². The second kappa shape index (κ2) is 13.8. The van der Waals surface area contributed by atoms with Crippen molar-refractivity contribution < 1.29 is 28.2 Å². The van der Waals surface area contributed by atoms with Crippen molar-refractivity contribution in [3.8, 4) is 23.0 Å². The summed E-state index contributed by atoms with van der Waals surface area (Å²) in [6.07, 6.45) is 3.66. The van der Waals surface area contributed by atoms with E-state index < -0.39 is 23.7 Å². The highest BCUT2D eigenvalue weighted by atomic mass is 79.9. The standard InChI is InChI=1S/C32H32BrFN4O5/c1-19(21-3-5-22(33)6-4-21)37-31(39)32(40)38-23-7-9-27(25(34)17-23)43-26-13-16-36-29-24(26)8-10-28(30(29)41-2)42-18-20-11-14-35-15-12-20/h3-10,13,16-17,19-20,35H,11-12,14-15,18H2,1-2H3,(H,37,39)(H,38,40). The topological polar surface area (TPSA) is 111 Å². The van der Waals surface area contributed by atoms with Crippen LogP contribution in [0.3, 0.4) is 0 Å². The number of carbonyl (C=O) groups is 2. The Morgan fingerprint density at radius 1 is 1.02 bits per heavy atom. The third-order valence-electron chi connectivity index (χ3n) is 7.26. The van der Waals surface area contributed by atoms with Gasteiger partial charge in [-0.25, -0.2) is 4.39 Å². The van der Waals surface area contributed by atoms with E-state index in [0.29, 0.717) is 40.7 Å². The molecule has 5 rings (SSSR count). The number of ether oxygens (including phenoxy) is 3. The molecule has 1 saturated heterocycles. The van der Waals surface area contributed by atoms with Gasteiger partial charge < -0.3 is 30.2 Å². The number of fused-ring (bicyclic) bond motifs is 1. The summed E-state index contributed by atoms with van der Waals surface area (Å²) >= 11 is 3.37. The molecule has 0 saturated carbocycles. The van der Waals surface area contributed by atoms with Crippen LogP contribution >= 0.6 is 15.9 Å². The SMILES string of the molecule is COc1c(OCC2CCNCC2)ccc2c(Oc3ccc(NC(=O)C(=O)NC(C)c4ccc(Br)cc4)cc3F)ccnc12. The first-order valence-electron chi connectivity index (χ1n) is 14.0. The number of amides is 2. The van der Waals surface area contributed by atoms with Crippen LogP contribution < -0.4 is 30.2 Å². The minimum Gasteiger partial charge on any atom is -0.491 e. The molecule has 1 aliphatic heterocycles. The van der Waals surface area contributed by atoms with E-state index in [-0.39, 0.29) is 11.4 Å². The average molecular weight is 652 g/mol. The van der Waals surface area contributed by atoms with E-state index in [4.69, 9.17) is 14.2 Å². The van der Waals surface area contributed by atoms with Crippen molar-refractivity contribution in [1.82, 2.24) is 15.6 Å². The van der Waals surface area contributed by atoms with Gasteiger partial charge in [-0.3, -0.25) is 14.6 Å². The zero-order valence-corrected chi connectivity index (χ0v) is 25.4. The Bertz CT molecular complexity index is 1610. The molecule has 3 aromatic carbocycles. The fraction of sp³-hybridized carbons (Fsp3) is 0.281. The first-order chi connectivity index (χ1) is 20.8. The van der Waals surface area contributed by atoms with E-state index in [0.717, 1.165) is 42.0 Å². The van der Waals surface area contributed by atoms with Gasteiger partial charge in [-0.1, -0.05) is 28.1 Å². The lowest BCUT2D eigenvalue weighted by molar-refractivity contribution is -0.136. The highest BCUT2D eigenvalue weighted by molar-refractivity contribution is 9.10. The molecular weight excluding hydrogens is 619 g/mol. The van der Waals surface area contributed by atoms with E-state index in [1.54, 1.807) is 38.4 Å². The van der Waals surface area contributed by atoms with E-state index in [1.807, 2.05) is 24.3 Å². The molecule has 224 valence electrons. The molecule has 4 aromatic rings. The van der Waals surface area contributed by atoms with Gasteiger partial charge in [-0.15, -0.1) is 0 Å². The van der Waals surface area contributed by atoms with Crippen LogP contribution in [-0.4, -0.2) is 43.6 Å². The van der Waals surface area contributed by atoms with Crippen LogP contribution in [0, 0.1) is 11.7 Å². The third-order valence-corrected chi connectivity index (χ3v) is 7.79. The molecule has 1 unspecified atom stereocenters. The molecule has 2 amide bonds. The third kappa shape index (κ3) is 7.41. The summed E-state index contributed by atoms with van der Waals surface area (Å²) in [5, 5.41) is 9.03. The van der Waals surface area contributed by atoms with Gasteiger partial charge in [-0.05, 0) is 86.8 Å². The summed E-state index contributed by atoms with van der Waals surface area (Å²) in [6, 6.07) is 16.1. The molecule has 0 spiro atoms. The van der Waals surface area contributed by atoms with E-state index in [1.165, 1.54) is 12.1 Å². The van der Waals surface area contributed by atoms with Crippen molar-refractivity contribution >= 4 is 44.3 Å². The molecule has 0 bridgehead atoms. The van der Waals surface area contributed by atoms with Crippen LogP contribution in [-0.2, 0) is 9.59 Å². The zero-order chi connectivity index (χ0) is 30.3. The summed E-state index contributed by atoms with van der Waals surface area (Å²) in [7, 11) is 1.55. The highest BCUT2D eigenvalue weighted by Crippen LogP contribution is 2.40. The van der Waals surface area contributed by atoms with Gasteiger partial charge in [0, 0.05) is 27.8 Å². The Balaban J connectivity index is 1.25. The molecule has 1 fully saturated rings. The van der Waals surface area contributed by atoms with Gasteiger partial charge >= 0.3 is 11.8 Å². The van der Waals surface area contributed by atoms with E-state index in [9.17, 15) is 9.59 Å². The van der Waals surface area contributed by atoms with Gasteiger partial charge in [0.1, 0.15) is 11.3 Å². The maximum absolute atomic E-state index is 15.1. The summed E-state index contributed by atoms with van der Waals surface area (Å²) in [5.41, 5.74) is 1.47. The number of carbonyl (C=O) groups excluding carboxylic acids is 2. The molecular formula is C32H32BrFN4O5. The molecule has 0 aliphatic carbocycles. The van der Waals surface area contributed by atoms with Crippen molar-refractivity contribution in [2.75, 3.05) is 32.1 Å². The molecule has 1 aromatic heterocycles. The van der Waals surface area contributed by atoms with Crippen molar-refractivity contribution in [3.63, 3.8) is 0 Å². The Morgan fingerprint density at radius 2 is 1.77 bits per heavy atom. The normalized spacial score (nSPS) is 14.1. The quantitative estimate of drug-likeness (QED) is 0.187. The van der Waals surface area contributed by atoms with Crippen LogP contribution in [0.2, 0.25) is 0 Å². The van der Waals surface area contributed by atoms with Crippen molar-refractivity contribution in [3.05, 3.63) is 82.7 Å². The molecule has 1 aliphatic rings. The molecule has 1 atom stereocenters. The van der Waals surface area contributed by atoms with Crippen molar-refractivity contribution in [2.45, 2.75) is 25.8 Å². The van der Waals surface area contributed by atoms with Crippen LogP contribution in [0.1, 0.15) is 31.4 Å². The number of aromatic nitrogens is 1. The molecule has 2 heterocycles. The van der Waals surface area contributed by atoms with Gasteiger partial charge in [0.15, 0.2) is 23.1 Å². The summed E-state index contributed by atoms with van der Waals surface area (Å²) < 4.78 is 33.7. The van der Waals surface area contributed by atoms with E-state index >= 15 is 4.39 Å². The minimum atomic E-state index is -0.914. The van der Waals surface area contributed by atoms with Crippen LogP contribution in [0.15, 0.2) is 71.3 Å². The Morgan fingerprint density at radius 3 is 2.49 bits per heavy atom. The number of rotatable bonds is 9. The van der Waals surface area contributed by atoms with Gasteiger partial charge in [-0.2, -0.15) is 0 Å². The maximum atomic E-state index is 15.1. The van der Waals surface area contributed by atoms with Crippen molar-refractivity contribution in [2.24, 2.45) is 5.92 Å². The number of pyridine rings is 1. The lowest BCUT2D eigenvalue weighted by atomic mass is 9.99. The number of nitrogens with zero attached hydrogens (tertiary/aromatic N) is 1. The average Bonchev–Trinajstić information content (AvgIpc) is 3.01. The number of nitrogens with one attached hydrogen (secondary N) is 3. The number of piperidine rings is 1. The minimum absolute atomic E-state index is 0.0657. The zero-order valence-electron chi connectivity index (χ0n) is 23.8. The number of methoxy groups -OCH3 is 1. The molecule has 9 nitrogen and oxygen atoms in total. The second-order valence-electron chi connectivity index (χ2n) is 10.3.